The number of anilines is 1. The number of rotatable bonds is 23. The van der Waals surface area contributed by atoms with Gasteiger partial charge in [-0.25, -0.2) is 28.6 Å². The van der Waals surface area contributed by atoms with Gasteiger partial charge in [-0.3, -0.25) is 32.5 Å². The van der Waals surface area contributed by atoms with Gasteiger partial charge in [0.2, 0.25) is 11.8 Å². The average Bonchev–Trinajstić information content (AvgIpc) is 4.00. The van der Waals surface area contributed by atoms with E-state index in [0.717, 1.165) is 60.7 Å². The molecule has 25 nitrogen and oxygen atoms in total. The van der Waals surface area contributed by atoms with E-state index in [1.807, 2.05) is 0 Å². The first-order chi connectivity index (χ1) is 34.5. The Morgan fingerprint density at radius 3 is 2.36 bits per heavy atom. The van der Waals surface area contributed by atoms with E-state index in [2.05, 4.69) is 55.2 Å². The van der Waals surface area contributed by atoms with Crippen LogP contribution in [-0.2, 0) is 50.7 Å². The predicted octanol–water partition coefficient (Wildman–Crippen LogP) is 4.10. The van der Waals surface area contributed by atoms with E-state index in [1.165, 1.54) is 64.1 Å². The zero-order valence-electron chi connectivity index (χ0n) is 42.3. The number of aliphatic hydroxyl groups excluding tert-OH is 3. The Labute approximate surface area is 434 Å². The van der Waals surface area contributed by atoms with Crippen molar-refractivity contribution in [3.8, 4) is 0 Å². The lowest BCUT2D eigenvalue weighted by Crippen LogP contribution is -2.54. The Morgan fingerprint density at radius 1 is 0.932 bits per heavy atom. The number of nitrogens with one attached hydrogen (secondary N) is 2. The zero-order chi connectivity index (χ0) is 54.2. The summed E-state index contributed by atoms with van der Waals surface area (Å²) in [6.45, 7) is 7.92. The zero-order valence-corrected chi connectivity index (χ0v) is 45.8. The standard InChI is InChI=1S/C45H74N7O18P3S/c1-25(29-9-10-30-28-8-7-26-20-27(53)12-15-44(26,4)31(28)13-16-45(29,30)5)6-11-34(55)74-19-18-47-33(54)14-17-48-41(58)38(57)43(2,3)22-67-73(64,65)70-72(62,63)66-21-32-37(69-71(59,60)61)36(56)42(68-32)52-24-51-35-39(46)49-23-50-40(35)52/h23-32,36-38,42,53,56-57H,6-22H2,1-5H3,(H,47,54)(H,48,58)(H,62,63)(H,64,65)(H2,46,49,50)(H2,59,60,61)/t25-,26-,27-,28+,29-,30+,31+,32?,36?,37?,38?,42?,44+,45-/m1/s1. The van der Waals surface area contributed by atoms with Crippen LogP contribution in [0.4, 0.5) is 5.82 Å². The number of thioether (sulfide) groups is 1. The summed E-state index contributed by atoms with van der Waals surface area (Å²) < 4.78 is 62.8. The topological polar surface area (TPSA) is 384 Å². The number of phosphoric acid groups is 3. The third-order valence-electron chi connectivity index (χ3n) is 17.0. The highest BCUT2D eigenvalue weighted by molar-refractivity contribution is 8.13. The summed E-state index contributed by atoms with van der Waals surface area (Å²) in [4.78, 5) is 89.7. The molecule has 1 aliphatic heterocycles. The summed E-state index contributed by atoms with van der Waals surface area (Å²) >= 11 is 1.18. The van der Waals surface area contributed by atoms with E-state index < -0.39 is 84.6 Å². The van der Waals surface area contributed by atoms with Crippen molar-refractivity contribution in [3.63, 3.8) is 0 Å². The minimum atomic E-state index is -5.59. The summed E-state index contributed by atoms with van der Waals surface area (Å²) in [7, 11) is -16.4. The number of nitrogen functional groups attached to an aromatic ring is 1. The van der Waals surface area contributed by atoms with E-state index in [0.29, 0.717) is 40.8 Å². The number of aliphatic hydroxyl groups is 3. The Hall–Kier alpha value is -2.48. The molecule has 2 aromatic rings. The lowest BCUT2D eigenvalue weighted by atomic mass is 9.44. The average molecular weight is 1130 g/mol. The Morgan fingerprint density at radius 2 is 1.64 bits per heavy atom. The number of fused-ring (bicyclic) bond motifs is 6. The van der Waals surface area contributed by atoms with Gasteiger partial charge < -0.3 is 56.0 Å². The highest BCUT2D eigenvalue weighted by atomic mass is 32.2. The molecule has 16 atom stereocenters. The first kappa shape index (κ1) is 59.2. The number of nitrogens with two attached hydrogens (primary N) is 1. The highest BCUT2D eigenvalue weighted by Gasteiger charge is 2.61. The van der Waals surface area contributed by atoms with Gasteiger partial charge in [0.05, 0.1) is 25.6 Å². The number of hydrogen-bond acceptors (Lipinski definition) is 19. The number of ether oxygens (including phenoxy) is 1. The Bertz CT molecular complexity index is 2490. The summed E-state index contributed by atoms with van der Waals surface area (Å²) in [5, 5.41) is 37.3. The summed E-state index contributed by atoms with van der Waals surface area (Å²) in [6.07, 6.45) is 4.77. The second-order valence-electron chi connectivity index (χ2n) is 22.1. The molecule has 2 aromatic heterocycles. The van der Waals surface area contributed by atoms with Gasteiger partial charge in [-0.15, -0.1) is 0 Å². The van der Waals surface area contributed by atoms with Crippen molar-refractivity contribution in [2.45, 2.75) is 148 Å². The minimum absolute atomic E-state index is 0.0326. The SMILES string of the molecule is C[C@H](CCC(=O)SCCNC(=O)CCNC(=O)C(O)C(C)(C)COP(=O)(O)OP(=O)(O)OCC1OC(n2cnc3c(N)ncnc32)C(O)C1OP(=O)(O)O)[C@H]1CC[C@H]2[C@@H]3CC[C@@H]4C[C@H](O)CC[C@]4(C)[C@H]3CC[C@]12C. The van der Waals surface area contributed by atoms with Crippen LogP contribution in [0, 0.1) is 51.8 Å². The molecule has 0 radical (unpaired) electrons. The van der Waals surface area contributed by atoms with Gasteiger partial charge in [-0.2, -0.15) is 4.31 Å². The van der Waals surface area contributed by atoms with Crippen molar-refractivity contribution in [3.05, 3.63) is 12.7 Å². The molecule has 4 saturated carbocycles. The third-order valence-corrected chi connectivity index (χ3v) is 21.0. The molecule has 7 rings (SSSR count). The first-order valence-electron chi connectivity index (χ1n) is 25.3. The molecule has 4 aliphatic carbocycles. The lowest BCUT2D eigenvalue weighted by molar-refractivity contribution is -0.137. The summed E-state index contributed by atoms with van der Waals surface area (Å²) in [5.74, 6) is 2.85. The normalized spacial score (nSPS) is 33.6. The fourth-order valence-electron chi connectivity index (χ4n) is 13.1. The number of carbonyl (C=O) groups excluding carboxylic acids is 3. The number of nitrogens with zero attached hydrogens (tertiary/aromatic N) is 4. The van der Waals surface area contributed by atoms with Crippen molar-refractivity contribution in [2.75, 3.05) is 37.8 Å². The van der Waals surface area contributed by atoms with Gasteiger partial charge in [0.1, 0.15) is 36.3 Å². The van der Waals surface area contributed by atoms with Crippen LogP contribution in [0.1, 0.15) is 118 Å². The Balaban J connectivity index is 0.774. The van der Waals surface area contributed by atoms with Crippen LogP contribution < -0.4 is 16.4 Å². The van der Waals surface area contributed by atoms with Crippen molar-refractivity contribution >= 4 is 69.1 Å². The van der Waals surface area contributed by atoms with Gasteiger partial charge >= 0.3 is 23.5 Å². The van der Waals surface area contributed by atoms with Gasteiger partial charge in [-0.1, -0.05) is 46.4 Å². The monoisotopic (exact) mass is 1130 g/mol. The molecule has 0 bridgehead atoms. The number of hydrogen-bond donors (Lipinski definition) is 10. The maximum atomic E-state index is 12.9. The molecule has 5 fully saturated rings. The number of imidazole rings is 1. The van der Waals surface area contributed by atoms with Crippen LogP contribution in [-0.4, -0.2) is 134 Å². The van der Waals surface area contributed by atoms with Crippen LogP contribution in [0.2, 0.25) is 0 Å². The van der Waals surface area contributed by atoms with Crippen LogP contribution in [0.25, 0.3) is 11.2 Å². The fourth-order valence-corrected chi connectivity index (χ4v) is 16.6. The van der Waals surface area contributed by atoms with Crippen molar-refractivity contribution < 1.29 is 85.6 Å². The van der Waals surface area contributed by atoms with E-state index in [4.69, 9.17) is 19.5 Å². The molecule has 3 heterocycles. The second-order valence-corrected chi connectivity index (χ2v) is 27.5. The number of phosphoric ester groups is 3. The van der Waals surface area contributed by atoms with Crippen molar-refractivity contribution in [1.29, 1.82) is 0 Å². The predicted molar refractivity (Wildman–Crippen MR) is 267 cm³/mol. The summed E-state index contributed by atoms with van der Waals surface area (Å²) in [5.41, 5.74) is 4.93. The van der Waals surface area contributed by atoms with Gasteiger partial charge in [0.15, 0.2) is 22.8 Å². The third kappa shape index (κ3) is 13.7. The maximum Gasteiger partial charge on any atom is 0.481 e. The van der Waals surface area contributed by atoms with E-state index >= 15 is 0 Å². The molecule has 7 unspecified atom stereocenters. The molecular weight excluding hydrogens is 1050 g/mol. The van der Waals surface area contributed by atoms with Crippen LogP contribution in [0.3, 0.4) is 0 Å². The fraction of sp³-hybridized carbons (Fsp3) is 0.822. The molecule has 0 aromatic carbocycles. The molecule has 29 heteroatoms. The second kappa shape index (κ2) is 23.5. The van der Waals surface area contributed by atoms with E-state index in [9.17, 15) is 63.0 Å². The largest absolute Gasteiger partial charge is 0.481 e. The number of amides is 2. The lowest BCUT2D eigenvalue weighted by Gasteiger charge is -2.61. The number of aromatic nitrogens is 4. The van der Waals surface area contributed by atoms with Gasteiger partial charge in [-0.05, 0) is 111 Å². The molecule has 74 heavy (non-hydrogen) atoms. The number of carbonyl (C=O) groups is 3. The molecule has 11 N–H and O–H groups in total. The van der Waals surface area contributed by atoms with Gasteiger partial charge in [0.25, 0.3) is 0 Å². The smallest absolute Gasteiger partial charge is 0.393 e. The molecule has 1 saturated heterocycles. The molecule has 5 aliphatic rings. The van der Waals surface area contributed by atoms with Crippen molar-refractivity contribution in [1.82, 2.24) is 30.2 Å². The van der Waals surface area contributed by atoms with Crippen LogP contribution in [0.5, 0.6) is 0 Å². The summed E-state index contributed by atoms with van der Waals surface area (Å²) in [6, 6.07) is 0. The molecule has 418 valence electrons. The van der Waals surface area contributed by atoms with Crippen molar-refractivity contribution in [2.24, 2.45) is 51.8 Å². The van der Waals surface area contributed by atoms with Gasteiger partial charge in [0, 0.05) is 37.1 Å². The highest BCUT2D eigenvalue weighted by Crippen LogP contribution is 2.68. The molecular formula is C45H74N7O18P3S. The maximum absolute atomic E-state index is 12.9. The van der Waals surface area contributed by atoms with E-state index in [-0.39, 0.29) is 47.7 Å². The van der Waals surface area contributed by atoms with E-state index in [1.54, 1.807) is 0 Å². The minimum Gasteiger partial charge on any atom is -0.393 e. The first-order valence-corrected chi connectivity index (χ1v) is 30.8. The van der Waals surface area contributed by atoms with Crippen LogP contribution in [0.15, 0.2) is 12.7 Å². The quantitative estimate of drug-likeness (QED) is 0.0553. The Kier molecular flexibility index (Phi) is 18.8. The molecule has 2 amide bonds. The molecule has 0 spiro atoms. The van der Waals surface area contributed by atoms with Crippen LogP contribution >= 0.6 is 35.2 Å².